The maximum Gasteiger partial charge on any atom is 0.226 e. The van der Waals surface area contributed by atoms with E-state index >= 15 is 0 Å². The second-order valence-corrected chi connectivity index (χ2v) is 4.90. The molecule has 2 rings (SSSR count). The molecule has 0 radical (unpaired) electrons. The Morgan fingerprint density at radius 1 is 1.53 bits per heavy atom. The minimum atomic E-state index is -0.119. The summed E-state index contributed by atoms with van der Waals surface area (Å²) in [5, 5.41) is 12.4. The first-order valence-electron chi connectivity index (χ1n) is 5.80. The molecule has 1 amide bonds. The lowest BCUT2D eigenvalue weighted by atomic mass is 9.82. The summed E-state index contributed by atoms with van der Waals surface area (Å²) in [5.74, 6) is 0.963. The molecule has 4 heteroatoms. The highest BCUT2D eigenvalue weighted by molar-refractivity contribution is 5.79. The number of amides is 1. The quantitative estimate of drug-likeness (QED) is 0.682. The highest BCUT2D eigenvalue weighted by Crippen LogP contribution is 2.28. The molecule has 0 aromatic heterocycles. The van der Waals surface area contributed by atoms with Crippen LogP contribution in [0.2, 0.25) is 0 Å². The van der Waals surface area contributed by atoms with Gasteiger partial charge in [0.15, 0.2) is 0 Å². The molecule has 0 bridgehead atoms. The number of aliphatic hydroxyl groups excluding tert-OH is 1. The molecule has 0 aromatic rings. The van der Waals surface area contributed by atoms with Gasteiger partial charge in [0.25, 0.3) is 0 Å². The summed E-state index contributed by atoms with van der Waals surface area (Å²) in [6, 6.07) is 0. The van der Waals surface area contributed by atoms with Gasteiger partial charge in [-0.25, -0.2) is 0 Å². The highest BCUT2D eigenvalue weighted by Gasteiger charge is 2.31. The van der Waals surface area contributed by atoms with Crippen molar-refractivity contribution < 1.29 is 9.90 Å². The van der Waals surface area contributed by atoms with Gasteiger partial charge in [-0.3, -0.25) is 4.79 Å². The van der Waals surface area contributed by atoms with Gasteiger partial charge >= 0.3 is 0 Å². The second-order valence-electron chi connectivity index (χ2n) is 4.90. The molecule has 1 atom stereocenters. The van der Waals surface area contributed by atoms with Gasteiger partial charge in [0, 0.05) is 20.1 Å². The van der Waals surface area contributed by atoms with Crippen LogP contribution in [0.5, 0.6) is 0 Å². The van der Waals surface area contributed by atoms with Crippen molar-refractivity contribution in [1.29, 1.82) is 0 Å². The Morgan fingerprint density at radius 3 is 2.80 bits per heavy atom. The molecule has 1 saturated heterocycles. The minimum Gasteiger partial charge on any atom is -0.393 e. The summed E-state index contributed by atoms with van der Waals surface area (Å²) in [4.78, 5) is 13.8. The van der Waals surface area contributed by atoms with Crippen molar-refractivity contribution in [3.05, 3.63) is 0 Å². The van der Waals surface area contributed by atoms with E-state index < -0.39 is 0 Å². The monoisotopic (exact) mass is 212 g/mol. The molecule has 1 saturated carbocycles. The Hall–Kier alpha value is -0.610. The standard InChI is InChI=1S/C11H20N2O2/c1-13(7-8-4-10(14)5-8)11(15)9-2-3-12-6-9/h8-10,12,14H,2-7H2,1H3. The third kappa shape index (κ3) is 2.49. The Kier molecular flexibility index (Phi) is 3.26. The molecule has 1 aliphatic carbocycles. The van der Waals surface area contributed by atoms with Crippen LogP contribution in [0.3, 0.4) is 0 Å². The molecule has 1 unspecified atom stereocenters. The zero-order valence-electron chi connectivity index (χ0n) is 9.28. The first kappa shape index (κ1) is 10.9. The van der Waals surface area contributed by atoms with E-state index in [1.165, 1.54) is 0 Å². The van der Waals surface area contributed by atoms with Crippen molar-refractivity contribution in [2.45, 2.75) is 25.4 Å². The van der Waals surface area contributed by atoms with Gasteiger partial charge in [-0.2, -0.15) is 0 Å². The van der Waals surface area contributed by atoms with Crippen LogP contribution in [0.15, 0.2) is 0 Å². The van der Waals surface area contributed by atoms with Crippen molar-refractivity contribution in [3.63, 3.8) is 0 Å². The molecule has 2 N–H and O–H groups in total. The number of carbonyl (C=O) groups excluding carboxylic acids is 1. The predicted molar refractivity (Wildman–Crippen MR) is 57.3 cm³/mol. The smallest absolute Gasteiger partial charge is 0.226 e. The van der Waals surface area contributed by atoms with Crippen LogP contribution in [-0.4, -0.2) is 48.7 Å². The molecule has 1 aliphatic heterocycles. The average Bonchev–Trinajstić information content (AvgIpc) is 2.66. The van der Waals surface area contributed by atoms with E-state index in [2.05, 4.69) is 5.32 Å². The molecule has 86 valence electrons. The number of nitrogens with one attached hydrogen (secondary N) is 1. The van der Waals surface area contributed by atoms with Crippen molar-refractivity contribution >= 4 is 5.91 Å². The number of rotatable bonds is 3. The average molecular weight is 212 g/mol. The van der Waals surface area contributed by atoms with E-state index in [0.717, 1.165) is 38.9 Å². The van der Waals surface area contributed by atoms with Crippen molar-refractivity contribution in [3.8, 4) is 0 Å². The van der Waals surface area contributed by atoms with Crippen LogP contribution in [0.25, 0.3) is 0 Å². The van der Waals surface area contributed by atoms with Gasteiger partial charge in [0.05, 0.1) is 12.0 Å². The molecule has 4 nitrogen and oxygen atoms in total. The van der Waals surface area contributed by atoms with E-state index in [1.54, 1.807) is 0 Å². The van der Waals surface area contributed by atoms with Gasteiger partial charge in [-0.15, -0.1) is 0 Å². The van der Waals surface area contributed by atoms with Crippen LogP contribution >= 0.6 is 0 Å². The number of aliphatic hydroxyl groups is 1. The lowest BCUT2D eigenvalue weighted by Gasteiger charge is -2.35. The predicted octanol–water partition coefficient (Wildman–Crippen LogP) is -0.175. The summed E-state index contributed by atoms with van der Waals surface area (Å²) in [6.45, 7) is 2.61. The molecular weight excluding hydrogens is 192 g/mol. The molecular formula is C11H20N2O2. The number of hydrogen-bond acceptors (Lipinski definition) is 3. The largest absolute Gasteiger partial charge is 0.393 e. The third-order valence-corrected chi connectivity index (χ3v) is 3.53. The Morgan fingerprint density at radius 2 is 2.27 bits per heavy atom. The maximum absolute atomic E-state index is 11.9. The fraction of sp³-hybridized carbons (Fsp3) is 0.909. The fourth-order valence-corrected chi connectivity index (χ4v) is 2.50. The minimum absolute atomic E-state index is 0.119. The zero-order chi connectivity index (χ0) is 10.8. The lowest BCUT2D eigenvalue weighted by Crippen LogP contribution is -2.42. The molecule has 2 fully saturated rings. The van der Waals surface area contributed by atoms with Gasteiger partial charge in [-0.05, 0) is 31.7 Å². The van der Waals surface area contributed by atoms with Crippen LogP contribution in [0.4, 0.5) is 0 Å². The normalized spacial score (nSPS) is 34.9. The van der Waals surface area contributed by atoms with Gasteiger partial charge in [0.1, 0.15) is 0 Å². The highest BCUT2D eigenvalue weighted by atomic mass is 16.3. The van der Waals surface area contributed by atoms with Gasteiger partial charge in [0.2, 0.25) is 5.91 Å². The Bertz CT molecular complexity index is 233. The summed E-state index contributed by atoms with van der Waals surface area (Å²) < 4.78 is 0. The Balaban J connectivity index is 1.74. The summed E-state index contributed by atoms with van der Waals surface area (Å²) in [5.41, 5.74) is 0. The Labute approximate surface area is 90.6 Å². The van der Waals surface area contributed by atoms with E-state index in [-0.39, 0.29) is 17.9 Å². The topological polar surface area (TPSA) is 52.6 Å². The van der Waals surface area contributed by atoms with Crippen LogP contribution in [0.1, 0.15) is 19.3 Å². The van der Waals surface area contributed by atoms with Crippen molar-refractivity contribution in [1.82, 2.24) is 10.2 Å². The molecule has 0 spiro atoms. The van der Waals surface area contributed by atoms with Crippen LogP contribution in [-0.2, 0) is 4.79 Å². The summed E-state index contributed by atoms with van der Waals surface area (Å²) >= 11 is 0. The SMILES string of the molecule is CN(CC1CC(O)C1)C(=O)C1CCNC1. The zero-order valence-corrected chi connectivity index (χ0v) is 9.28. The molecule has 2 aliphatic rings. The van der Waals surface area contributed by atoms with E-state index in [0.29, 0.717) is 5.92 Å². The first-order chi connectivity index (χ1) is 7.16. The van der Waals surface area contributed by atoms with E-state index in [1.807, 2.05) is 11.9 Å². The van der Waals surface area contributed by atoms with Gasteiger partial charge in [-0.1, -0.05) is 0 Å². The third-order valence-electron chi connectivity index (χ3n) is 3.53. The van der Waals surface area contributed by atoms with Gasteiger partial charge < -0.3 is 15.3 Å². The number of hydrogen-bond donors (Lipinski definition) is 2. The number of carbonyl (C=O) groups is 1. The lowest BCUT2D eigenvalue weighted by molar-refractivity contribution is -0.135. The maximum atomic E-state index is 11.9. The second kappa shape index (κ2) is 4.49. The van der Waals surface area contributed by atoms with Crippen LogP contribution < -0.4 is 5.32 Å². The summed E-state index contributed by atoms with van der Waals surface area (Å²) in [6.07, 6.45) is 2.57. The van der Waals surface area contributed by atoms with Crippen molar-refractivity contribution in [2.24, 2.45) is 11.8 Å². The van der Waals surface area contributed by atoms with E-state index in [4.69, 9.17) is 5.11 Å². The fourth-order valence-electron chi connectivity index (χ4n) is 2.50. The van der Waals surface area contributed by atoms with Crippen molar-refractivity contribution in [2.75, 3.05) is 26.7 Å². The summed E-state index contributed by atoms with van der Waals surface area (Å²) in [7, 11) is 1.88. The number of nitrogens with zero attached hydrogens (tertiary/aromatic N) is 1. The van der Waals surface area contributed by atoms with E-state index in [9.17, 15) is 4.79 Å². The van der Waals surface area contributed by atoms with Crippen LogP contribution in [0, 0.1) is 11.8 Å². The molecule has 1 heterocycles. The first-order valence-corrected chi connectivity index (χ1v) is 5.80. The molecule has 0 aromatic carbocycles. The molecule has 15 heavy (non-hydrogen) atoms.